The van der Waals surface area contributed by atoms with Crippen LogP contribution >= 0.6 is 0 Å². The molecule has 1 atom stereocenters. The molecule has 0 aliphatic heterocycles. The third-order valence-electron chi connectivity index (χ3n) is 4.06. The van der Waals surface area contributed by atoms with Crippen LogP contribution in [0.3, 0.4) is 0 Å². The molecule has 10 heteroatoms. The zero-order chi connectivity index (χ0) is 24.0. The largest absolute Gasteiger partial charge is 0.490 e. The van der Waals surface area contributed by atoms with Crippen LogP contribution in [0.1, 0.15) is 35.2 Å². The van der Waals surface area contributed by atoms with Crippen molar-refractivity contribution in [1.82, 2.24) is 5.32 Å². The summed E-state index contributed by atoms with van der Waals surface area (Å²) in [7, 11) is 0. The van der Waals surface area contributed by atoms with Gasteiger partial charge in [-0.05, 0) is 24.8 Å². The molecule has 4 N–H and O–H groups in total. The van der Waals surface area contributed by atoms with Crippen LogP contribution in [-0.2, 0) is 16.1 Å². The zero-order valence-electron chi connectivity index (χ0n) is 17.2. The van der Waals surface area contributed by atoms with Crippen LogP contribution in [0.4, 0.5) is 18.0 Å². The van der Waals surface area contributed by atoms with Crippen LogP contribution in [0.2, 0.25) is 0 Å². The van der Waals surface area contributed by atoms with E-state index in [0.29, 0.717) is 18.5 Å². The lowest BCUT2D eigenvalue weighted by Crippen LogP contribution is -2.31. The summed E-state index contributed by atoms with van der Waals surface area (Å²) in [6.45, 7) is 0.753. The van der Waals surface area contributed by atoms with E-state index >= 15 is 0 Å². The van der Waals surface area contributed by atoms with Gasteiger partial charge in [-0.2, -0.15) is 13.2 Å². The average Bonchev–Trinajstić information content (AvgIpc) is 2.78. The lowest BCUT2D eigenvalue weighted by Gasteiger charge is -2.11. The van der Waals surface area contributed by atoms with Gasteiger partial charge >= 0.3 is 18.2 Å². The molecule has 2 rings (SSSR count). The predicted molar refractivity (Wildman–Crippen MR) is 111 cm³/mol. The first-order valence-corrected chi connectivity index (χ1v) is 9.70. The lowest BCUT2D eigenvalue weighted by atomic mass is 10.0. The van der Waals surface area contributed by atoms with Crippen molar-refractivity contribution in [3.05, 3.63) is 71.8 Å². The molecule has 0 radical (unpaired) electrons. The number of benzene rings is 2. The molecule has 2 aromatic rings. The number of alkyl halides is 3. The minimum atomic E-state index is -5.08. The Morgan fingerprint density at radius 3 is 2.03 bits per heavy atom. The van der Waals surface area contributed by atoms with Gasteiger partial charge in [0.25, 0.3) is 0 Å². The van der Waals surface area contributed by atoms with Crippen LogP contribution in [0.25, 0.3) is 0 Å². The summed E-state index contributed by atoms with van der Waals surface area (Å²) in [5.41, 5.74) is 7.53. The maximum atomic E-state index is 12.1. The Bertz CT molecular complexity index is 846. The number of alkyl carbamates (subject to hydrolysis) is 1. The average molecular weight is 454 g/mol. The number of nitrogens with two attached hydrogens (primary N) is 1. The molecule has 7 nitrogen and oxygen atoms in total. The Morgan fingerprint density at radius 1 is 0.969 bits per heavy atom. The molecular weight excluding hydrogens is 429 g/mol. The van der Waals surface area contributed by atoms with E-state index in [9.17, 15) is 22.8 Å². The van der Waals surface area contributed by atoms with Crippen LogP contribution in [-0.4, -0.2) is 41.7 Å². The van der Waals surface area contributed by atoms with Gasteiger partial charge in [0.1, 0.15) is 6.61 Å². The highest BCUT2D eigenvalue weighted by Crippen LogP contribution is 2.13. The number of carboxylic acids is 1. The Labute approximate surface area is 183 Å². The molecule has 0 fully saturated rings. The fourth-order valence-corrected chi connectivity index (χ4v) is 2.40. The number of unbranched alkanes of at least 4 members (excludes halogenated alkanes) is 1. The lowest BCUT2D eigenvalue weighted by molar-refractivity contribution is -0.192. The summed E-state index contributed by atoms with van der Waals surface area (Å²) in [6.07, 6.45) is -3.42. The first-order valence-electron chi connectivity index (χ1n) is 9.70. The van der Waals surface area contributed by atoms with Gasteiger partial charge in [0.2, 0.25) is 0 Å². The number of rotatable bonds is 9. The third kappa shape index (κ3) is 11.1. The molecule has 174 valence electrons. The molecule has 0 aliphatic rings. The van der Waals surface area contributed by atoms with Gasteiger partial charge in [-0.3, -0.25) is 4.79 Å². The monoisotopic (exact) mass is 454 g/mol. The number of carboxylic acid groups (broad SMARTS) is 1. The molecule has 0 saturated carbocycles. The van der Waals surface area contributed by atoms with E-state index in [-0.39, 0.29) is 12.4 Å². The first-order chi connectivity index (χ1) is 15.1. The number of Topliss-reactive ketones (excluding diaryl/α,β-unsaturated/α-hetero) is 1. The molecule has 0 spiro atoms. The maximum Gasteiger partial charge on any atom is 0.490 e. The highest BCUT2D eigenvalue weighted by atomic mass is 19.4. The second kappa shape index (κ2) is 13.8. The van der Waals surface area contributed by atoms with Crippen molar-refractivity contribution in [2.75, 3.05) is 6.54 Å². The minimum absolute atomic E-state index is 0.0455. The van der Waals surface area contributed by atoms with Crippen molar-refractivity contribution in [2.45, 2.75) is 38.1 Å². The Balaban J connectivity index is 0.000000633. The zero-order valence-corrected chi connectivity index (χ0v) is 17.2. The third-order valence-corrected chi connectivity index (χ3v) is 4.06. The normalized spacial score (nSPS) is 11.5. The van der Waals surface area contributed by atoms with Gasteiger partial charge < -0.3 is 20.9 Å². The fourth-order valence-electron chi connectivity index (χ4n) is 2.40. The summed E-state index contributed by atoms with van der Waals surface area (Å²) in [5, 5.41) is 9.83. The number of hydrogen-bond donors (Lipinski definition) is 3. The standard InChI is InChI=1S/C20H24N2O3.C2HF3O2/c21-18(19(23)17-11-5-2-6-12-17)13-7-8-14-22-20(24)25-15-16-9-3-1-4-10-16;3-2(4,5)1(6)7/h1-6,9-12,18H,7-8,13-15,21H2,(H,22,24);(H,6,7)/t18-;/m0./s1. The highest BCUT2D eigenvalue weighted by molar-refractivity contribution is 5.99. The molecular formula is C22H25F3N2O5. The van der Waals surface area contributed by atoms with Gasteiger partial charge in [0.05, 0.1) is 6.04 Å². The first kappa shape index (κ1) is 26.6. The van der Waals surface area contributed by atoms with E-state index < -0.39 is 24.3 Å². The SMILES string of the molecule is N[C@@H](CCCCNC(=O)OCc1ccccc1)C(=O)c1ccccc1.O=C(O)C(F)(F)F. The van der Waals surface area contributed by atoms with Gasteiger partial charge in [0.15, 0.2) is 5.78 Å². The molecule has 0 saturated heterocycles. The molecule has 1 amide bonds. The van der Waals surface area contributed by atoms with E-state index in [2.05, 4.69) is 5.32 Å². The van der Waals surface area contributed by atoms with Crippen molar-refractivity contribution in [3.8, 4) is 0 Å². The minimum Gasteiger partial charge on any atom is -0.475 e. The Hall–Kier alpha value is -3.40. The summed E-state index contributed by atoms with van der Waals surface area (Å²) < 4.78 is 36.9. The topological polar surface area (TPSA) is 119 Å². The van der Waals surface area contributed by atoms with Crippen LogP contribution < -0.4 is 11.1 Å². The molecule has 2 aromatic carbocycles. The van der Waals surface area contributed by atoms with Crippen molar-refractivity contribution in [1.29, 1.82) is 0 Å². The molecule has 0 heterocycles. The van der Waals surface area contributed by atoms with Crippen LogP contribution in [0, 0.1) is 0 Å². The van der Waals surface area contributed by atoms with E-state index in [1.807, 2.05) is 48.5 Å². The van der Waals surface area contributed by atoms with Gasteiger partial charge in [0, 0.05) is 12.1 Å². The number of carbonyl (C=O) groups excluding carboxylic acids is 2. The van der Waals surface area contributed by atoms with Crippen molar-refractivity contribution in [3.63, 3.8) is 0 Å². The van der Waals surface area contributed by atoms with Crippen molar-refractivity contribution in [2.24, 2.45) is 5.73 Å². The number of halogens is 3. The van der Waals surface area contributed by atoms with Crippen LogP contribution in [0.5, 0.6) is 0 Å². The Kier molecular flexibility index (Phi) is 11.5. The van der Waals surface area contributed by atoms with E-state index in [1.54, 1.807) is 12.1 Å². The van der Waals surface area contributed by atoms with Gasteiger partial charge in [-0.1, -0.05) is 60.7 Å². The van der Waals surface area contributed by atoms with E-state index in [4.69, 9.17) is 20.4 Å². The number of ketones is 1. The number of amides is 1. The summed E-state index contributed by atoms with van der Waals surface area (Å²) in [6, 6.07) is 18.1. The number of carbonyl (C=O) groups is 3. The molecule has 0 aromatic heterocycles. The van der Waals surface area contributed by atoms with Crippen molar-refractivity contribution >= 4 is 17.8 Å². The second-order valence-corrected chi connectivity index (χ2v) is 6.62. The quantitative estimate of drug-likeness (QED) is 0.390. The van der Waals surface area contributed by atoms with Crippen molar-refractivity contribution < 1.29 is 37.4 Å². The molecule has 0 unspecified atom stereocenters. The molecule has 32 heavy (non-hydrogen) atoms. The highest BCUT2D eigenvalue weighted by Gasteiger charge is 2.38. The maximum absolute atomic E-state index is 12.1. The number of aliphatic carboxylic acids is 1. The number of nitrogens with one attached hydrogen (secondary N) is 1. The van der Waals surface area contributed by atoms with E-state index in [1.165, 1.54) is 0 Å². The van der Waals surface area contributed by atoms with Gasteiger partial charge in [-0.15, -0.1) is 0 Å². The predicted octanol–water partition coefficient (Wildman–Crippen LogP) is 3.93. The molecule has 0 aliphatic carbocycles. The number of ether oxygens (including phenoxy) is 1. The fraction of sp³-hybridized carbons (Fsp3) is 0.318. The smallest absolute Gasteiger partial charge is 0.475 e. The Morgan fingerprint density at radius 2 is 1.50 bits per heavy atom. The summed E-state index contributed by atoms with van der Waals surface area (Å²) >= 11 is 0. The number of hydrogen-bond acceptors (Lipinski definition) is 5. The van der Waals surface area contributed by atoms with E-state index in [0.717, 1.165) is 18.4 Å². The molecule has 0 bridgehead atoms. The summed E-state index contributed by atoms with van der Waals surface area (Å²) in [5.74, 6) is -2.80. The summed E-state index contributed by atoms with van der Waals surface area (Å²) in [4.78, 5) is 32.6. The van der Waals surface area contributed by atoms with Crippen LogP contribution in [0.15, 0.2) is 60.7 Å². The van der Waals surface area contributed by atoms with Gasteiger partial charge in [-0.25, -0.2) is 9.59 Å². The second-order valence-electron chi connectivity index (χ2n) is 6.62.